The van der Waals surface area contributed by atoms with Gasteiger partial charge in [-0.15, -0.1) is 0 Å². The van der Waals surface area contributed by atoms with Gasteiger partial charge in [0.05, 0.1) is 17.9 Å². The van der Waals surface area contributed by atoms with E-state index < -0.39 is 11.7 Å². The molecular formula is C26H25N7O3. The molecule has 0 aliphatic carbocycles. The third-order valence-corrected chi connectivity index (χ3v) is 6.39. The lowest BCUT2D eigenvalue weighted by Crippen LogP contribution is -2.57. The molecule has 1 fully saturated rings. The van der Waals surface area contributed by atoms with E-state index in [1.54, 1.807) is 40.4 Å². The number of H-pyrrole nitrogens is 1. The molecule has 0 radical (unpaired) electrons. The van der Waals surface area contributed by atoms with E-state index in [4.69, 9.17) is 5.73 Å². The van der Waals surface area contributed by atoms with Crippen LogP contribution in [0.5, 0.6) is 0 Å². The number of amides is 2. The van der Waals surface area contributed by atoms with Crippen LogP contribution in [0, 0.1) is 0 Å². The van der Waals surface area contributed by atoms with Crippen molar-refractivity contribution < 1.29 is 14.4 Å². The molecule has 0 unspecified atom stereocenters. The van der Waals surface area contributed by atoms with Gasteiger partial charge in [-0.05, 0) is 30.7 Å². The second-order valence-corrected chi connectivity index (χ2v) is 8.79. The van der Waals surface area contributed by atoms with Crippen molar-refractivity contribution in [3.05, 3.63) is 72.3 Å². The van der Waals surface area contributed by atoms with Crippen LogP contribution in [-0.2, 0) is 16.0 Å². The number of fused-ring (bicyclic) bond motifs is 1. The number of ketones is 1. The number of pyridine rings is 1. The van der Waals surface area contributed by atoms with Crippen LogP contribution in [0.25, 0.3) is 22.3 Å². The molecule has 3 aromatic heterocycles. The van der Waals surface area contributed by atoms with E-state index in [0.717, 1.165) is 5.39 Å². The van der Waals surface area contributed by atoms with Gasteiger partial charge in [0, 0.05) is 55.4 Å². The van der Waals surface area contributed by atoms with Crippen molar-refractivity contribution in [2.75, 3.05) is 25.4 Å². The van der Waals surface area contributed by atoms with Crippen LogP contribution in [0.15, 0.2) is 61.2 Å². The zero-order valence-electron chi connectivity index (χ0n) is 19.7. The Bertz CT molecular complexity index is 1430. The summed E-state index contributed by atoms with van der Waals surface area (Å²) in [4.78, 5) is 58.0. The van der Waals surface area contributed by atoms with Gasteiger partial charge < -0.3 is 20.5 Å². The summed E-state index contributed by atoms with van der Waals surface area (Å²) in [5, 5.41) is 0.783. The Morgan fingerprint density at radius 3 is 2.58 bits per heavy atom. The number of carbonyl (C=O) groups excluding carboxylic acids is 3. The molecule has 2 amide bonds. The molecule has 0 saturated carbocycles. The van der Waals surface area contributed by atoms with Gasteiger partial charge in [-0.1, -0.05) is 18.2 Å². The summed E-state index contributed by atoms with van der Waals surface area (Å²) in [5.74, 6) is -0.810. The predicted octanol–water partition coefficient (Wildman–Crippen LogP) is 2.09. The largest absolute Gasteiger partial charge is 0.382 e. The minimum Gasteiger partial charge on any atom is -0.382 e. The lowest BCUT2D eigenvalue weighted by Gasteiger charge is -2.39. The zero-order chi connectivity index (χ0) is 25.2. The molecule has 5 rings (SSSR count). The standard InChI is InChI=1S/C26H25N7O3/c1-16-15-32(25(35)17-5-3-2-4-6-17)9-10-33(16)26(36)21(34)11-18-12-31-23-19(18)7-8-28-24(23)20-13-30-22(27)14-29-20/h2-8,12-14,16,31H,9-11,15H2,1H3,(H2,27,30)/t16-/m1/s1. The van der Waals surface area contributed by atoms with Crippen molar-refractivity contribution in [1.82, 2.24) is 29.7 Å². The molecule has 1 aliphatic heterocycles. The van der Waals surface area contributed by atoms with Crippen LogP contribution >= 0.6 is 0 Å². The van der Waals surface area contributed by atoms with Crippen LogP contribution < -0.4 is 5.73 Å². The Hall–Kier alpha value is -4.60. The first kappa shape index (κ1) is 23.2. The number of rotatable bonds is 5. The molecule has 0 bridgehead atoms. The Labute approximate surface area is 207 Å². The Morgan fingerprint density at radius 1 is 1.06 bits per heavy atom. The van der Waals surface area contributed by atoms with Gasteiger partial charge >= 0.3 is 0 Å². The predicted molar refractivity (Wildman–Crippen MR) is 134 cm³/mol. The number of anilines is 1. The molecule has 182 valence electrons. The quantitative estimate of drug-likeness (QED) is 0.415. The molecule has 1 atom stereocenters. The number of aromatic nitrogens is 4. The highest BCUT2D eigenvalue weighted by Gasteiger charge is 2.33. The van der Waals surface area contributed by atoms with Gasteiger partial charge in [0.25, 0.3) is 11.8 Å². The smallest absolute Gasteiger partial charge is 0.290 e. The topological polar surface area (TPSA) is 138 Å². The van der Waals surface area contributed by atoms with Crippen LogP contribution in [0.1, 0.15) is 22.8 Å². The van der Waals surface area contributed by atoms with Crippen LogP contribution in [0.3, 0.4) is 0 Å². The summed E-state index contributed by atoms with van der Waals surface area (Å²) in [6.07, 6.45) is 6.29. The van der Waals surface area contributed by atoms with E-state index in [1.807, 2.05) is 25.1 Å². The van der Waals surface area contributed by atoms with Crippen molar-refractivity contribution in [2.24, 2.45) is 0 Å². The maximum absolute atomic E-state index is 13.1. The minimum atomic E-state index is -0.539. The number of hydrogen-bond acceptors (Lipinski definition) is 7. The lowest BCUT2D eigenvalue weighted by molar-refractivity contribution is -0.147. The number of nitrogens with one attached hydrogen (secondary N) is 1. The molecular weight excluding hydrogens is 458 g/mol. The van der Waals surface area contributed by atoms with Gasteiger partial charge in [-0.3, -0.25) is 19.4 Å². The first-order valence-corrected chi connectivity index (χ1v) is 11.6. The summed E-state index contributed by atoms with van der Waals surface area (Å²) in [6.45, 7) is 2.91. The Balaban J connectivity index is 1.28. The van der Waals surface area contributed by atoms with E-state index in [2.05, 4.69) is 19.9 Å². The fourth-order valence-electron chi connectivity index (χ4n) is 4.53. The molecule has 10 heteroatoms. The fraction of sp³-hybridized carbons (Fsp3) is 0.231. The minimum absolute atomic E-state index is 0.0500. The van der Waals surface area contributed by atoms with Gasteiger partial charge in [0.15, 0.2) is 0 Å². The number of benzene rings is 1. The summed E-state index contributed by atoms with van der Waals surface area (Å²) in [5.41, 5.74) is 8.76. The number of piperazine rings is 1. The Morgan fingerprint density at radius 2 is 1.86 bits per heavy atom. The van der Waals surface area contributed by atoms with Gasteiger partial charge in [0.2, 0.25) is 5.78 Å². The van der Waals surface area contributed by atoms with E-state index in [0.29, 0.717) is 53.5 Å². The van der Waals surface area contributed by atoms with Crippen LogP contribution in [0.2, 0.25) is 0 Å². The highest BCUT2D eigenvalue weighted by Crippen LogP contribution is 2.27. The van der Waals surface area contributed by atoms with Gasteiger partial charge in [0.1, 0.15) is 17.2 Å². The third kappa shape index (κ3) is 4.40. The molecule has 1 aromatic carbocycles. The summed E-state index contributed by atoms with van der Waals surface area (Å²) < 4.78 is 0. The number of nitrogens with zero attached hydrogens (tertiary/aromatic N) is 5. The van der Waals surface area contributed by atoms with Crippen LogP contribution in [-0.4, -0.2) is 73.0 Å². The van der Waals surface area contributed by atoms with Crippen molar-refractivity contribution in [3.63, 3.8) is 0 Å². The number of aromatic amines is 1. The van der Waals surface area contributed by atoms with Gasteiger partial charge in [-0.25, -0.2) is 9.97 Å². The first-order valence-electron chi connectivity index (χ1n) is 11.6. The fourth-order valence-corrected chi connectivity index (χ4v) is 4.53. The number of hydrogen-bond donors (Lipinski definition) is 2. The number of carbonyl (C=O) groups is 3. The normalized spacial score (nSPS) is 15.8. The summed E-state index contributed by atoms with van der Waals surface area (Å²) in [6, 6.07) is 10.6. The molecule has 1 aliphatic rings. The molecule has 4 heterocycles. The van der Waals surface area contributed by atoms with E-state index >= 15 is 0 Å². The zero-order valence-corrected chi connectivity index (χ0v) is 19.7. The second-order valence-electron chi connectivity index (χ2n) is 8.79. The molecule has 1 saturated heterocycles. The molecule has 10 nitrogen and oxygen atoms in total. The van der Waals surface area contributed by atoms with E-state index in [-0.39, 0.29) is 18.4 Å². The number of Topliss-reactive ketones (excluding diaryl/α,β-unsaturated/α-hetero) is 1. The van der Waals surface area contributed by atoms with Crippen molar-refractivity contribution in [2.45, 2.75) is 19.4 Å². The second kappa shape index (κ2) is 9.57. The van der Waals surface area contributed by atoms with E-state index in [1.165, 1.54) is 12.4 Å². The number of nitrogen functional groups attached to an aromatic ring is 1. The summed E-state index contributed by atoms with van der Waals surface area (Å²) >= 11 is 0. The summed E-state index contributed by atoms with van der Waals surface area (Å²) in [7, 11) is 0. The van der Waals surface area contributed by atoms with E-state index in [9.17, 15) is 14.4 Å². The average Bonchev–Trinajstić information content (AvgIpc) is 3.31. The first-order chi connectivity index (χ1) is 17.4. The third-order valence-electron chi connectivity index (χ3n) is 6.39. The highest BCUT2D eigenvalue weighted by atomic mass is 16.2. The molecule has 36 heavy (non-hydrogen) atoms. The van der Waals surface area contributed by atoms with Crippen LogP contribution in [0.4, 0.5) is 5.82 Å². The maximum atomic E-state index is 13.1. The monoisotopic (exact) mass is 483 g/mol. The van der Waals surface area contributed by atoms with Crippen molar-refractivity contribution in [3.8, 4) is 11.4 Å². The van der Waals surface area contributed by atoms with Gasteiger partial charge in [-0.2, -0.15) is 0 Å². The maximum Gasteiger partial charge on any atom is 0.290 e. The lowest BCUT2D eigenvalue weighted by atomic mass is 10.0. The van der Waals surface area contributed by atoms with Crippen molar-refractivity contribution >= 4 is 34.3 Å². The molecule has 0 spiro atoms. The SMILES string of the molecule is C[C@@H]1CN(C(=O)c2ccccc2)CCN1C(=O)C(=O)Cc1c[nH]c2c(-c3cnc(N)cn3)nccc12. The molecule has 4 aromatic rings. The Kier molecular flexibility index (Phi) is 6.16. The highest BCUT2D eigenvalue weighted by molar-refractivity contribution is 6.36. The molecule has 3 N–H and O–H groups in total. The van der Waals surface area contributed by atoms with Crippen molar-refractivity contribution in [1.29, 1.82) is 0 Å². The average molecular weight is 484 g/mol. The number of nitrogens with two attached hydrogens (primary N) is 1.